The van der Waals surface area contributed by atoms with Gasteiger partial charge in [-0.15, -0.1) is 0 Å². The molecule has 2 aromatic rings. The number of anilines is 1. The highest BCUT2D eigenvalue weighted by Crippen LogP contribution is 2.46. The summed E-state index contributed by atoms with van der Waals surface area (Å²) in [4.78, 5) is 26.3. The molecule has 1 aliphatic rings. The highest BCUT2D eigenvalue weighted by molar-refractivity contribution is 6.00. The molecule has 0 bridgehead atoms. The van der Waals surface area contributed by atoms with Crippen molar-refractivity contribution in [2.45, 2.75) is 32.3 Å². The molecule has 8 nitrogen and oxygen atoms in total. The van der Waals surface area contributed by atoms with E-state index in [1.54, 1.807) is 13.2 Å². The summed E-state index contributed by atoms with van der Waals surface area (Å²) in [5.74, 6) is 0.0453. The van der Waals surface area contributed by atoms with Crippen molar-refractivity contribution in [1.29, 1.82) is 0 Å². The first-order valence-corrected chi connectivity index (χ1v) is 10.4. The third-order valence-corrected chi connectivity index (χ3v) is 5.74. The number of hydrogen-bond acceptors (Lipinski definition) is 8. The number of piperidine rings is 1. The monoisotopic (exact) mass is 443 g/mol. The number of phenolic OH excluding ortho intramolecular Hbond substituents is 1. The Kier molecular flexibility index (Phi) is 7.12. The van der Waals surface area contributed by atoms with Crippen LogP contribution in [0.15, 0.2) is 30.3 Å². The molecule has 3 rings (SSSR count). The van der Waals surface area contributed by atoms with Gasteiger partial charge in [0.15, 0.2) is 5.78 Å². The third kappa shape index (κ3) is 4.59. The van der Waals surface area contributed by atoms with Crippen LogP contribution in [0.4, 0.5) is 5.69 Å². The van der Waals surface area contributed by atoms with Crippen molar-refractivity contribution in [2.24, 2.45) is 0 Å². The Balaban J connectivity index is 2.02. The first-order valence-electron chi connectivity index (χ1n) is 10.4. The van der Waals surface area contributed by atoms with Gasteiger partial charge in [0.1, 0.15) is 34.7 Å². The van der Waals surface area contributed by atoms with E-state index in [4.69, 9.17) is 18.9 Å². The van der Waals surface area contributed by atoms with Crippen molar-refractivity contribution in [3.8, 4) is 23.0 Å². The minimum atomic E-state index is -0.559. The second kappa shape index (κ2) is 9.80. The molecule has 0 saturated carbocycles. The van der Waals surface area contributed by atoms with Crippen LogP contribution in [0, 0.1) is 0 Å². The summed E-state index contributed by atoms with van der Waals surface area (Å²) >= 11 is 0. The molecule has 0 radical (unpaired) electrons. The number of nitrogens with zero attached hydrogens (tertiary/aromatic N) is 1. The van der Waals surface area contributed by atoms with E-state index in [-0.39, 0.29) is 28.8 Å². The van der Waals surface area contributed by atoms with E-state index in [9.17, 15) is 14.7 Å². The van der Waals surface area contributed by atoms with Gasteiger partial charge in [-0.25, -0.2) is 0 Å². The number of ketones is 1. The van der Waals surface area contributed by atoms with Crippen LogP contribution >= 0.6 is 0 Å². The molecule has 2 aromatic carbocycles. The van der Waals surface area contributed by atoms with Crippen LogP contribution in [-0.2, 0) is 9.53 Å². The molecular weight excluding hydrogens is 414 g/mol. The van der Waals surface area contributed by atoms with Crippen molar-refractivity contribution in [1.82, 2.24) is 0 Å². The zero-order valence-electron chi connectivity index (χ0n) is 19.0. The molecule has 8 heteroatoms. The molecule has 1 saturated heterocycles. The lowest BCUT2D eigenvalue weighted by Gasteiger charge is -2.40. The molecule has 2 atom stereocenters. The molecule has 0 aliphatic carbocycles. The topological polar surface area (TPSA) is 94.5 Å². The molecule has 1 aliphatic heterocycles. The van der Waals surface area contributed by atoms with Crippen LogP contribution in [-0.4, -0.2) is 57.4 Å². The Morgan fingerprint density at radius 2 is 1.66 bits per heavy atom. The van der Waals surface area contributed by atoms with Gasteiger partial charge in [0.25, 0.3) is 0 Å². The van der Waals surface area contributed by atoms with Crippen molar-refractivity contribution in [3.63, 3.8) is 0 Å². The lowest BCUT2D eigenvalue weighted by molar-refractivity contribution is -0.147. The van der Waals surface area contributed by atoms with Crippen LogP contribution in [0.3, 0.4) is 0 Å². The van der Waals surface area contributed by atoms with Gasteiger partial charge in [0.2, 0.25) is 0 Å². The minimum Gasteiger partial charge on any atom is -0.507 e. The first-order chi connectivity index (χ1) is 15.3. The van der Waals surface area contributed by atoms with Gasteiger partial charge in [0.05, 0.1) is 27.9 Å². The van der Waals surface area contributed by atoms with Crippen LogP contribution in [0.1, 0.15) is 42.1 Å². The molecule has 1 fully saturated rings. The molecule has 32 heavy (non-hydrogen) atoms. The second-order valence-corrected chi connectivity index (χ2v) is 7.66. The zero-order chi connectivity index (χ0) is 23.4. The Morgan fingerprint density at radius 3 is 2.19 bits per heavy atom. The van der Waals surface area contributed by atoms with Crippen molar-refractivity contribution < 1.29 is 33.6 Å². The molecule has 172 valence electrons. The maximum atomic E-state index is 12.2. The number of phenols is 1. The Hall–Kier alpha value is -3.42. The normalized spacial score (nSPS) is 18.1. The standard InChI is InChI=1S/C24H29NO7/c1-14(26)22-19(30-4)12-20(31-5)23(24(22)28)18-10-11-25(13-21(18)32-15(2)27)16-6-8-17(29-3)9-7-16/h6-9,12,18,21,28H,10-11,13H2,1-5H3/t18-,21-/m1/s1. The van der Waals surface area contributed by atoms with Gasteiger partial charge in [-0.3, -0.25) is 9.59 Å². The third-order valence-electron chi connectivity index (χ3n) is 5.74. The van der Waals surface area contributed by atoms with E-state index in [1.165, 1.54) is 28.1 Å². The second-order valence-electron chi connectivity index (χ2n) is 7.66. The van der Waals surface area contributed by atoms with E-state index in [1.807, 2.05) is 24.3 Å². The molecule has 1 N–H and O–H groups in total. The summed E-state index contributed by atoms with van der Waals surface area (Å²) in [5.41, 5.74) is 1.50. The highest BCUT2D eigenvalue weighted by Gasteiger charge is 2.38. The number of esters is 1. The van der Waals surface area contributed by atoms with Crippen molar-refractivity contribution in [2.75, 3.05) is 39.3 Å². The van der Waals surface area contributed by atoms with E-state index in [0.29, 0.717) is 30.8 Å². The summed E-state index contributed by atoms with van der Waals surface area (Å²) in [5, 5.41) is 11.1. The zero-order valence-corrected chi connectivity index (χ0v) is 19.0. The van der Waals surface area contributed by atoms with Gasteiger partial charge >= 0.3 is 5.97 Å². The number of hydrogen-bond donors (Lipinski definition) is 1. The average Bonchev–Trinajstić information content (AvgIpc) is 2.78. The largest absolute Gasteiger partial charge is 0.507 e. The maximum absolute atomic E-state index is 12.2. The minimum absolute atomic E-state index is 0.0856. The number of benzene rings is 2. The van der Waals surface area contributed by atoms with Crippen molar-refractivity contribution >= 4 is 17.4 Å². The quantitative estimate of drug-likeness (QED) is 0.513. The Labute approximate surface area is 187 Å². The maximum Gasteiger partial charge on any atom is 0.302 e. The van der Waals surface area contributed by atoms with Gasteiger partial charge in [-0.05, 0) is 37.6 Å². The SMILES string of the molecule is COc1ccc(N2CC[C@@H](c3c(OC)cc(OC)c(C(C)=O)c3O)[C@H](OC(C)=O)C2)cc1. The lowest BCUT2D eigenvalue weighted by Crippen LogP contribution is -2.45. The first kappa shape index (κ1) is 23.2. The van der Waals surface area contributed by atoms with Crippen LogP contribution in [0.25, 0.3) is 0 Å². The van der Waals surface area contributed by atoms with Crippen LogP contribution < -0.4 is 19.1 Å². The van der Waals surface area contributed by atoms with Gasteiger partial charge in [-0.2, -0.15) is 0 Å². The van der Waals surface area contributed by atoms with E-state index in [0.717, 1.165) is 11.4 Å². The fourth-order valence-electron chi connectivity index (χ4n) is 4.27. The molecule has 0 unspecified atom stereocenters. The molecular formula is C24H29NO7. The number of aromatic hydroxyl groups is 1. The van der Waals surface area contributed by atoms with Gasteiger partial charge in [0, 0.05) is 36.7 Å². The summed E-state index contributed by atoms with van der Waals surface area (Å²) in [6, 6.07) is 9.23. The molecule has 1 heterocycles. The number of Topliss-reactive ketones (excluding diaryl/α,β-unsaturated/α-hetero) is 1. The average molecular weight is 443 g/mol. The smallest absolute Gasteiger partial charge is 0.302 e. The van der Waals surface area contributed by atoms with Crippen LogP contribution in [0.5, 0.6) is 23.0 Å². The summed E-state index contributed by atoms with van der Waals surface area (Å²) in [6.45, 7) is 3.79. The Morgan fingerprint density at radius 1 is 1.00 bits per heavy atom. The lowest BCUT2D eigenvalue weighted by atomic mass is 9.84. The summed E-state index contributed by atoms with van der Waals surface area (Å²) in [7, 11) is 4.52. The number of ether oxygens (including phenoxy) is 4. The fourth-order valence-corrected chi connectivity index (χ4v) is 4.27. The Bertz CT molecular complexity index is 987. The van der Waals surface area contributed by atoms with Gasteiger partial charge in [-0.1, -0.05) is 0 Å². The fraction of sp³-hybridized carbons (Fsp3) is 0.417. The number of methoxy groups -OCH3 is 3. The number of carbonyl (C=O) groups is 2. The molecule has 0 aromatic heterocycles. The number of carbonyl (C=O) groups excluding carboxylic acids is 2. The van der Waals surface area contributed by atoms with E-state index < -0.39 is 12.1 Å². The van der Waals surface area contributed by atoms with Crippen molar-refractivity contribution in [3.05, 3.63) is 41.5 Å². The van der Waals surface area contributed by atoms with Crippen LogP contribution in [0.2, 0.25) is 0 Å². The van der Waals surface area contributed by atoms with E-state index >= 15 is 0 Å². The number of rotatable bonds is 7. The summed E-state index contributed by atoms with van der Waals surface area (Å²) in [6.07, 6.45) is 0.00810. The highest BCUT2D eigenvalue weighted by atomic mass is 16.5. The molecule has 0 spiro atoms. The predicted molar refractivity (Wildman–Crippen MR) is 119 cm³/mol. The molecule has 0 amide bonds. The van der Waals surface area contributed by atoms with E-state index in [2.05, 4.69) is 4.90 Å². The predicted octanol–water partition coefficient (Wildman–Crippen LogP) is 3.55. The van der Waals surface area contributed by atoms with Gasteiger partial charge < -0.3 is 29.0 Å². The summed E-state index contributed by atoms with van der Waals surface area (Å²) < 4.78 is 21.7.